The van der Waals surface area contributed by atoms with Gasteiger partial charge in [-0.15, -0.1) is 0 Å². The quantitative estimate of drug-likeness (QED) is 0.796. The molecule has 0 aliphatic carbocycles. The number of piperazine rings is 1. The third-order valence-corrected chi connectivity index (χ3v) is 3.33. The van der Waals surface area contributed by atoms with Crippen LogP contribution in [0.2, 0.25) is 0 Å². The van der Waals surface area contributed by atoms with Crippen LogP contribution in [0.4, 0.5) is 0 Å². The molecule has 96 valence electrons. The summed E-state index contributed by atoms with van der Waals surface area (Å²) in [5.74, 6) is -0.300. The van der Waals surface area contributed by atoms with E-state index in [0.29, 0.717) is 6.54 Å². The minimum Gasteiger partial charge on any atom is -0.298 e. The Morgan fingerprint density at radius 2 is 2.06 bits per heavy atom. The molecule has 4 nitrogen and oxygen atoms in total. The number of carbonyl (C=O) groups is 2. The summed E-state index contributed by atoms with van der Waals surface area (Å²) >= 11 is 0. The zero-order chi connectivity index (χ0) is 13.3. The van der Waals surface area contributed by atoms with Gasteiger partial charge in [0, 0.05) is 0 Å². The lowest BCUT2D eigenvalue weighted by Crippen LogP contribution is -2.56. The van der Waals surface area contributed by atoms with E-state index in [-0.39, 0.29) is 24.4 Å². The molecule has 1 aromatic carbocycles. The Labute approximate surface area is 107 Å². The Balaban J connectivity index is 2.24. The molecule has 18 heavy (non-hydrogen) atoms. The van der Waals surface area contributed by atoms with Gasteiger partial charge < -0.3 is 0 Å². The van der Waals surface area contributed by atoms with E-state index in [1.165, 1.54) is 4.90 Å². The summed E-state index contributed by atoms with van der Waals surface area (Å²) in [5, 5.41) is 2.88. The largest absolute Gasteiger partial charge is 0.298 e. The Kier molecular flexibility index (Phi) is 3.48. The highest BCUT2D eigenvalue weighted by Crippen LogP contribution is 2.15. The first-order valence-corrected chi connectivity index (χ1v) is 6.13. The van der Waals surface area contributed by atoms with Crippen LogP contribution in [0.15, 0.2) is 18.2 Å². The monoisotopic (exact) mass is 246 g/mol. The molecule has 0 radical (unpaired) electrons. The maximum Gasteiger partial charge on any atom is 0.246 e. The van der Waals surface area contributed by atoms with Gasteiger partial charge in [-0.1, -0.05) is 23.8 Å². The van der Waals surface area contributed by atoms with Gasteiger partial charge in [-0.2, -0.15) is 0 Å². The van der Waals surface area contributed by atoms with Gasteiger partial charge in [-0.25, -0.2) is 0 Å². The van der Waals surface area contributed by atoms with Crippen LogP contribution in [-0.2, 0) is 16.1 Å². The highest BCUT2D eigenvalue weighted by Gasteiger charge is 2.31. The van der Waals surface area contributed by atoms with E-state index >= 15 is 0 Å². The second-order valence-electron chi connectivity index (χ2n) is 4.85. The van der Waals surface area contributed by atoms with Gasteiger partial charge in [0.15, 0.2) is 0 Å². The number of benzene rings is 1. The zero-order valence-electron chi connectivity index (χ0n) is 11.0. The molecule has 1 unspecified atom stereocenters. The average molecular weight is 246 g/mol. The summed E-state index contributed by atoms with van der Waals surface area (Å²) in [6.45, 7) is 6.39. The molecular formula is C14H18N2O2. The molecule has 0 aromatic heterocycles. The van der Waals surface area contributed by atoms with Crippen LogP contribution in [0.1, 0.15) is 23.6 Å². The number of hydrogen-bond donors (Lipinski definition) is 1. The molecule has 0 saturated carbocycles. The summed E-state index contributed by atoms with van der Waals surface area (Å²) < 4.78 is 0. The predicted molar refractivity (Wildman–Crippen MR) is 68.9 cm³/mol. The van der Waals surface area contributed by atoms with Crippen molar-refractivity contribution in [2.24, 2.45) is 0 Å². The highest BCUT2D eigenvalue weighted by molar-refractivity contribution is 6.00. The summed E-state index contributed by atoms with van der Waals surface area (Å²) in [6.07, 6.45) is 0. The Morgan fingerprint density at radius 1 is 1.33 bits per heavy atom. The SMILES string of the molecule is Cc1ccc(C)c(CN2C(=O)CNC(C)C2=O)c1. The molecule has 1 heterocycles. The van der Waals surface area contributed by atoms with E-state index in [0.717, 1.165) is 16.7 Å². The van der Waals surface area contributed by atoms with Crippen molar-refractivity contribution in [1.29, 1.82) is 0 Å². The number of aryl methyl sites for hydroxylation is 2. The second kappa shape index (κ2) is 4.90. The molecular weight excluding hydrogens is 228 g/mol. The Bertz CT molecular complexity index is 497. The van der Waals surface area contributed by atoms with Gasteiger partial charge in [0.1, 0.15) is 0 Å². The number of carbonyl (C=O) groups excluding carboxylic acids is 2. The zero-order valence-corrected chi connectivity index (χ0v) is 11.0. The lowest BCUT2D eigenvalue weighted by molar-refractivity contribution is -0.149. The first-order valence-electron chi connectivity index (χ1n) is 6.13. The lowest BCUT2D eigenvalue weighted by Gasteiger charge is -2.30. The maximum atomic E-state index is 12.0. The van der Waals surface area contributed by atoms with Crippen molar-refractivity contribution in [1.82, 2.24) is 10.2 Å². The van der Waals surface area contributed by atoms with Gasteiger partial charge in [-0.3, -0.25) is 19.8 Å². The molecule has 1 aliphatic rings. The van der Waals surface area contributed by atoms with E-state index < -0.39 is 0 Å². The normalized spacial score (nSPS) is 20.4. The molecule has 1 atom stereocenters. The van der Waals surface area contributed by atoms with Crippen LogP contribution in [0.3, 0.4) is 0 Å². The van der Waals surface area contributed by atoms with Gasteiger partial charge in [0.2, 0.25) is 11.8 Å². The summed E-state index contributed by atoms with van der Waals surface area (Å²) in [5.41, 5.74) is 3.27. The van der Waals surface area contributed by atoms with Crippen LogP contribution >= 0.6 is 0 Å². The fourth-order valence-corrected chi connectivity index (χ4v) is 2.09. The molecule has 1 fully saturated rings. The van der Waals surface area contributed by atoms with Gasteiger partial charge >= 0.3 is 0 Å². The summed E-state index contributed by atoms with van der Waals surface area (Å²) in [6, 6.07) is 5.80. The van der Waals surface area contributed by atoms with Crippen LogP contribution in [0.25, 0.3) is 0 Å². The molecule has 0 bridgehead atoms. The van der Waals surface area contributed by atoms with Crippen molar-refractivity contribution in [3.8, 4) is 0 Å². The number of amides is 2. The van der Waals surface area contributed by atoms with Crippen LogP contribution in [-0.4, -0.2) is 29.3 Å². The molecule has 1 saturated heterocycles. The minimum absolute atomic E-state index is 0.146. The van der Waals surface area contributed by atoms with Crippen molar-refractivity contribution in [3.05, 3.63) is 34.9 Å². The van der Waals surface area contributed by atoms with E-state index in [4.69, 9.17) is 0 Å². The molecule has 1 aliphatic heterocycles. The van der Waals surface area contributed by atoms with Crippen molar-refractivity contribution in [3.63, 3.8) is 0 Å². The van der Waals surface area contributed by atoms with Crippen molar-refractivity contribution < 1.29 is 9.59 Å². The fraction of sp³-hybridized carbons (Fsp3) is 0.429. The molecule has 1 N–H and O–H groups in total. The molecule has 4 heteroatoms. The standard InChI is InChI=1S/C14H18N2O2/c1-9-4-5-10(2)12(6-9)8-16-13(17)7-15-11(3)14(16)18/h4-6,11,15H,7-8H2,1-3H3. The average Bonchev–Trinajstić information content (AvgIpc) is 2.34. The number of nitrogens with zero attached hydrogens (tertiary/aromatic N) is 1. The first kappa shape index (κ1) is 12.8. The van der Waals surface area contributed by atoms with Crippen LogP contribution in [0, 0.1) is 13.8 Å². The van der Waals surface area contributed by atoms with E-state index in [2.05, 4.69) is 5.32 Å². The van der Waals surface area contributed by atoms with Gasteiger partial charge in [0.25, 0.3) is 0 Å². The first-order chi connectivity index (χ1) is 8.49. The number of hydrogen-bond acceptors (Lipinski definition) is 3. The van der Waals surface area contributed by atoms with E-state index in [1.807, 2.05) is 32.0 Å². The second-order valence-corrected chi connectivity index (χ2v) is 4.85. The third kappa shape index (κ3) is 2.43. The number of imide groups is 1. The molecule has 2 amide bonds. The fourth-order valence-electron chi connectivity index (χ4n) is 2.09. The number of nitrogens with one attached hydrogen (secondary N) is 1. The van der Waals surface area contributed by atoms with Crippen LogP contribution < -0.4 is 5.32 Å². The van der Waals surface area contributed by atoms with Crippen LogP contribution in [0.5, 0.6) is 0 Å². The predicted octanol–water partition coefficient (Wildman–Crippen LogP) is 1.15. The molecule has 1 aromatic rings. The highest BCUT2D eigenvalue weighted by atomic mass is 16.2. The maximum absolute atomic E-state index is 12.0. The van der Waals surface area contributed by atoms with Crippen molar-refractivity contribution in [2.45, 2.75) is 33.4 Å². The van der Waals surface area contributed by atoms with E-state index in [9.17, 15) is 9.59 Å². The summed E-state index contributed by atoms with van der Waals surface area (Å²) in [7, 11) is 0. The van der Waals surface area contributed by atoms with Gasteiger partial charge in [-0.05, 0) is 31.9 Å². The third-order valence-electron chi connectivity index (χ3n) is 3.33. The summed E-state index contributed by atoms with van der Waals surface area (Å²) in [4.78, 5) is 25.1. The Hall–Kier alpha value is -1.68. The van der Waals surface area contributed by atoms with Gasteiger partial charge in [0.05, 0.1) is 19.1 Å². The topological polar surface area (TPSA) is 49.4 Å². The molecule has 0 spiro atoms. The van der Waals surface area contributed by atoms with E-state index in [1.54, 1.807) is 6.92 Å². The lowest BCUT2D eigenvalue weighted by atomic mass is 10.0. The van der Waals surface area contributed by atoms with Crippen molar-refractivity contribution in [2.75, 3.05) is 6.54 Å². The van der Waals surface area contributed by atoms with Crippen molar-refractivity contribution >= 4 is 11.8 Å². The Morgan fingerprint density at radius 3 is 2.78 bits per heavy atom. The smallest absolute Gasteiger partial charge is 0.246 e. The number of rotatable bonds is 2. The minimum atomic E-state index is -0.284. The molecule has 2 rings (SSSR count).